The summed E-state index contributed by atoms with van der Waals surface area (Å²) in [6.07, 6.45) is -1.22. The van der Waals surface area contributed by atoms with E-state index in [1.807, 2.05) is 24.3 Å². The first-order valence-corrected chi connectivity index (χ1v) is 13.4. The lowest BCUT2D eigenvalue weighted by atomic mass is 10.1. The number of fused-ring (bicyclic) bond motifs is 1. The molecule has 0 atom stereocenters. The largest absolute Gasteiger partial charge is 0.416 e. The van der Waals surface area contributed by atoms with Gasteiger partial charge in [-0.2, -0.15) is 18.4 Å². The zero-order valence-electron chi connectivity index (χ0n) is 21.3. The van der Waals surface area contributed by atoms with E-state index in [0.29, 0.717) is 34.4 Å². The second kappa shape index (κ2) is 11.6. The van der Waals surface area contributed by atoms with Crippen LogP contribution in [0.2, 0.25) is 10.0 Å². The van der Waals surface area contributed by atoms with Crippen molar-refractivity contribution < 1.29 is 18.0 Å². The van der Waals surface area contributed by atoms with Gasteiger partial charge in [0.1, 0.15) is 12.4 Å². The fourth-order valence-corrected chi connectivity index (χ4v) is 5.53. The highest BCUT2D eigenvalue weighted by Crippen LogP contribution is 2.35. The molecule has 208 valence electrons. The summed E-state index contributed by atoms with van der Waals surface area (Å²) in [5.74, 6) is 0.0757. The van der Waals surface area contributed by atoms with E-state index in [1.54, 1.807) is 12.1 Å². The molecular formula is C28H25Cl2F3N6O. The molecule has 2 aromatic carbocycles. The molecule has 0 bridgehead atoms. The predicted molar refractivity (Wildman–Crippen MR) is 147 cm³/mol. The van der Waals surface area contributed by atoms with Crippen LogP contribution in [0.1, 0.15) is 28.8 Å². The van der Waals surface area contributed by atoms with E-state index in [2.05, 4.69) is 14.8 Å². The van der Waals surface area contributed by atoms with Gasteiger partial charge in [-0.1, -0.05) is 41.4 Å². The molecule has 3 aromatic rings. The van der Waals surface area contributed by atoms with Crippen molar-refractivity contribution in [2.45, 2.75) is 19.1 Å². The highest BCUT2D eigenvalue weighted by atomic mass is 35.5. The number of nitrogens with zero attached hydrogens (tertiary/aromatic N) is 6. The lowest BCUT2D eigenvalue weighted by Crippen LogP contribution is -2.47. The normalized spacial score (nSPS) is 16.4. The monoisotopic (exact) mass is 588 g/mol. The number of rotatable bonds is 6. The molecular weight excluding hydrogens is 564 g/mol. The Morgan fingerprint density at radius 2 is 1.70 bits per heavy atom. The Hall–Kier alpha value is -3.36. The van der Waals surface area contributed by atoms with Crippen LogP contribution in [0.15, 0.2) is 54.9 Å². The van der Waals surface area contributed by atoms with Crippen molar-refractivity contribution in [1.82, 2.24) is 19.4 Å². The minimum Gasteiger partial charge on any atom is -0.300 e. The number of hydrogen-bond acceptors (Lipinski definition) is 5. The first-order chi connectivity index (χ1) is 19.2. The third kappa shape index (κ3) is 5.88. The number of piperazine rings is 1. The highest BCUT2D eigenvalue weighted by molar-refractivity contribution is 6.35. The molecule has 5 rings (SSSR count). The Bertz CT molecular complexity index is 1470. The van der Waals surface area contributed by atoms with Crippen LogP contribution in [-0.2, 0) is 17.5 Å². The second-order valence-corrected chi connectivity index (χ2v) is 10.5. The maximum atomic E-state index is 13.3. The van der Waals surface area contributed by atoms with Gasteiger partial charge in [-0.3, -0.25) is 19.2 Å². The van der Waals surface area contributed by atoms with Crippen LogP contribution in [-0.4, -0.2) is 64.5 Å². The molecule has 2 aliphatic heterocycles. The van der Waals surface area contributed by atoms with Crippen LogP contribution < -0.4 is 4.90 Å². The number of anilines is 1. The Labute approximate surface area is 239 Å². The molecule has 1 saturated heterocycles. The zero-order valence-corrected chi connectivity index (χ0v) is 22.8. The maximum absolute atomic E-state index is 13.3. The molecule has 1 fully saturated rings. The highest BCUT2D eigenvalue weighted by Gasteiger charge is 2.32. The number of halogens is 5. The van der Waals surface area contributed by atoms with E-state index in [4.69, 9.17) is 23.2 Å². The summed E-state index contributed by atoms with van der Waals surface area (Å²) in [6.45, 7) is 4.46. The van der Waals surface area contributed by atoms with Crippen LogP contribution in [0.4, 0.5) is 19.0 Å². The van der Waals surface area contributed by atoms with E-state index >= 15 is 0 Å². The molecule has 0 N–H and O–H groups in total. The average Bonchev–Trinajstić information content (AvgIpc) is 3.38. The van der Waals surface area contributed by atoms with Crippen molar-refractivity contribution in [3.05, 3.63) is 87.3 Å². The molecule has 0 unspecified atom stereocenters. The van der Waals surface area contributed by atoms with Crippen molar-refractivity contribution in [3.8, 4) is 6.07 Å². The lowest BCUT2D eigenvalue weighted by molar-refractivity contribution is -0.137. The number of carbonyl (C=O) groups excluding carboxylic acids is 1. The number of benzene rings is 2. The summed E-state index contributed by atoms with van der Waals surface area (Å²) in [5, 5.41) is 10.9. The van der Waals surface area contributed by atoms with Crippen LogP contribution in [0.3, 0.4) is 0 Å². The second-order valence-electron chi connectivity index (χ2n) is 9.64. The minimum atomic E-state index is -4.49. The molecule has 40 heavy (non-hydrogen) atoms. The molecule has 0 aliphatic carbocycles. The van der Waals surface area contributed by atoms with Crippen molar-refractivity contribution in [1.29, 1.82) is 5.26 Å². The van der Waals surface area contributed by atoms with Crippen LogP contribution >= 0.6 is 23.2 Å². The van der Waals surface area contributed by atoms with Crippen LogP contribution in [0, 0.1) is 11.3 Å². The summed E-state index contributed by atoms with van der Waals surface area (Å²) in [5.41, 5.74) is 0.927. The van der Waals surface area contributed by atoms with E-state index in [0.717, 1.165) is 43.9 Å². The number of imidazole rings is 1. The Balaban J connectivity index is 1.23. The molecule has 1 amide bonds. The Morgan fingerprint density at radius 1 is 1.02 bits per heavy atom. The molecule has 3 heterocycles. The van der Waals surface area contributed by atoms with E-state index in [9.17, 15) is 23.2 Å². The number of hydrogen-bond donors (Lipinski definition) is 0. The van der Waals surface area contributed by atoms with E-state index < -0.39 is 11.7 Å². The average molecular weight is 589 g/mol. The van der Waals surface area contributed by atoms with Gasteiger partial charge in [-0.15, -0.1) is 0 Å². The molecule has 2 aliphatic rings. The van der Waals surface area contributed by atoms with E-state index in [1.165, 1.54) is 21.9 Å². The van der Waals surface area contributed by atoms with Gasteiger partial charge in [0, 0.05) is 67.8 Å². The lowest BCUT2D eigenvalue weighted by Gasteiger charge is -2.35. The number of amides is 1. The van der Waals surface area contributed by atoms with Gasteiger partial charge in [0.05, 0.1) is 11.3 Å². The Morgan fingerprint density at radius 3 is 2.38 bits per heavy atom. The first kappa shape index (κ1) is 28.2. The summed E-state index contributed by atoms with van der Waals surface area (Å²) >= 11 is 12.6. The number of nitriles is 1. The number of aromatic nitrogens is 2. The fourth-order valence-electron chi connectivity index (χ4n) is 5.02. The molecule has 1 aromatic heterocycles. The minimum absolute atomic E-state index is 0.0396. The molecule has 12 heteroatoms. The third-order valence-corrected chi connectivity index (χ3v) is 7.88. The first-order valence-electron chi connectivity index (χ1n) is 12.7. The zero-order chi connectivity index (χ0) is 28.4. The topological polar surface area (TPSA) is 68.4 Å². The smallest absolute Gasteiger partial charge is 0.300 e. The van der Waals surface area contributed by atoms with Crippen molar-refractivity contribution in [2.75, 3.05) is 44.2 Å². The summed E-state index contributed by atoms with van der Waals surface area (Å²) in [7, 11) is 0. The molecule has 7 nitrogen and oxygen atoms in total. The fraction of sp³-hybridized carbons (Fsp3) is 0.321. The van der Waals surface area contributed by atoms with Gasteiger partial charge in [-0.05, 0) is 35.9 Å². The maximum Gasteiger partial charge on any atom is 0.416 e. The summed E-state index contributed by atoms with van der Waals surface area (Å²) in [6, 6.07) is 12.4. The predicted octanol–water partition coefficient (Wildman–Crippen LogP) is 5.52. The van der Waals surface area contributed by atoms with Crippen LogP contribution in [0.5, 0.6) is 0 Å². The van der Waals surface area contributed by atoms with Gasteiger partial charge in [0.2, 0.25) is 5.91 Å². The van der Waals surface area contributed by atoms with Gasteiger partial charge in [0.15, 0.2) is 11.5 Å². The van der Waals surface area contributed by atoms with Gasteiger partial charge < -0.3 is 4.90 Å². The van der Waals surface area contributed by atoms with E-state index in [-0.39, 0.29) is 30.4 Å². The van der Waals surface area contributed by atoms with Crippen molar-refractivity contribution >= 4 is 40.6 Å². The number of carbonyl (C=O) groups is 1. The molecule has 0 radical (unpaired) electrons. The van der Waals surface area contributed by atoms with Gasteiger partial charge in [-0.25, -0.2) is 4.98 Å². The molecule has 0 saturated carbocycles. The third-order valence-electron chi connectivity index (χ3n) is 7.17. The number of alkyl halides is 3. The van der Waals surface area contributed by atoms with Crippen LogP contribution in [0.25, 0.3) is 5.70 Å². The summed E-state index contributed by atoms with van der Waals surface area (Å²) < 4.78 is 41.4. The van der Waals surface area contributed by atoms with Crippen molar-refractivity contribution in [3.63, 3.8) is 0 Å². The summed E-state index contributed by atoms with van der Waals surface area (Å²) in [4.78, 5) is 23.4. The van der Waals surface area contributed by atoms with Crippen molar-refractivity contribution in [2.24, 2.45) is 0 Å². The van der Waals surface area contributed by atoms with Gasteiger partial charge >= 0.3 is 6.18 Å². The SMILES string of the molecule is N#Cc1ncn2c1N(C(=O)CCN1CCN(Cc3c(Cl)cccc3Cl)CC1)CC=C2c1cccc(C(F)(F)F)c1. The standard InChI is InChI=1S/C28H25Cl2F3N6O/c29-22-5-2-6-23(30)21(22)17-37-13-11-36(12-14-37)9-8-26(40)38-10-7-25(39-18-35-24(16-34)27(38)39)19-3-1-4-20(15-19)28(31,32)33/h1-7,15,18H,8-14,17H2. The molecule has 0 spiro atoms. The van der Waals surface area contributed by atoms with Gasteiger partial charge in [0.25, 0.3) is 0 Å². The quantitative estimate of drug-likeness (QED) is 0.379. The Kier molecular flexibility index (Phi) is 8.19.